The highest BCUT2D eigenvalue weighted by Crippen LogP contribution is 2.34. The lowest BCUT2D eigenvalue weighted by atomic mass is 9.93. The van der Waals surface area contributed by atoms with Crippen molar-refractivity contribution >= 4 is 5.91 Å². The van der Waals surface area contributed by atoms with Gasteiger partial charge in [0.25, 0.3) is 5.91 Å². The van der Waals surface area contributed by atoms with Crippen molar-refractivity contribution in [2.75, 3.05) is 0 Å². The molecule has 6 nitrogen and oxygen atoms in total. The van der Waals surface area contributed by atoms with Crippen molar-refractivity contribution in [2.24, 2.45) is 0 Å². The van der Waals surface area contributed by atoms with Crippen LogP contribution in [0, 0.1) is 12.7 Å². The van der Waals surface area contributed by atoms with Gasteiger partial charge in [0.1, 0.15) is 17.3 Å². The highest BCUT2D eigenvalue weighted by Gasteiger charge is 2.21. The third kappa shape index (κ3) is 3.74. The SMILES string of the molecule is Cc1onc(-c2cccc(F)c2)c1-c1cn(-c2cccc(C(=O)NC3CCC3)c2)cn1. The molecule has 2 aromatic heterocycles. The van der Waals surface area contributed by atoms with Gasteiger partial charge < -0.3 is 14.4 Å². The summed E-state index contributed by atoms with van der Waals surface area (Å²) >= 11 is 0. The average Bonchev–Trinajstić information content (AvgIpc) is 3.37. The summed E-state index contributed by atoms with van der Waals surface area (Å²) in [5.74, 6) is 0.194. The topological polar surface area (TPSA) is 73.0 Å². The number of nitrogens with zero attached hydrogens (tertiary/aromatic N) is 3. The van der Waals surface area contributed by atoms with Crippen LogP contribution in [0.25, 0.3) is 28.2 Å². The smallest absolute Gasteiger partial charge is 0.251 e. The van der Waals surface area contributed by atoms with Crippen LogP contribution < -0.4 is 5.32 Å². The zero-order valence-electron chi connectivity index (χ0n) is 17.0. The van der Waals surface area contributed by atoms with Crippen molar-refractivity contribution in [3.63, 3.8) is 0 Å². The summed E-state index contributed by atoms with van der Waals surface area (Å²) in [6.07, 6.45) is 6.79. The molecule has 0 bridgehead atoms. The van der Waals surface area contributed by atoms with Gasteiger partial charge in [-0.1, -0.05) is 23.4 Å². The molecule has 7 heteroatoms. The maximum atomic E-state index is 13.7. The van der Waals surface area contributed by atoms with E-state index < -0.39 is 0 Å². The van der Waals surface area contributed by atoms with Gasteiger partial charge in [-0.3, -0.25) is 4.79 Å². The Hall–Kier alpha value is -3.74. The van der Waals surface area contributed by atoms with Gasteiger partial charge in [0.05, 0.1) is 17.6 Å². The van der Waals surface area contributed by atoms with E-state index in [4.69, 9.17) is 4.52 Å². The van der Waals surface area contributed by atoms with E-state index in [-0.39, 0.29) is 17.8 Å². The minimum absolute atomic E-state index is 0.0600. The molecule has 1 amide bonds. The van der Waals surface area contributed by atoms with Crippen LogP contribution in [0.15, 0.2) is 65.6 Å². The van der Waals surface area contributed by atoms with Crippen molar-refractivity contribution in [3.05, 3.63) is 78.2 Å². The zero-order valence-corrected chi connectivity index (χ0v) is 17.0. The molecule has 4 aromatic rings. The van der Waals surface area contributed by atoms with Crippen molar-refractivity contribution in [1.29, 1.82) is 0 Å². The Morgan fingerprint density at radius 2 is 2.03 bits per heavy atom. The number of imidazole rings is 1. The van der Waals surface area contributed by atoms with Gasteiger partial charge in [-0.25, -0.2) is 9.37 Å². The van der Waals surface area contributed by atoms with Gasteiger partial charge in [-0.05, 0) is 56.5 Å². The molecule has 1 N–H and O–H groups in total. The van der Waals surface area contributed by atoms with Crippen molar-refractivity contribution in [2.45, 2.75) is 32.2 Å². The quantitative estimate of drug-likeness (QED) is 0.501. The molecular formula is C24H21FN4O2. The normalized spacial score (nSPS) is 13.7. The number of aromatic nitrogens is 3. The fourth-order valence-corrected chi connectivity index (χ4v) is 3.73. The second-order valence-electron chi connectivity index (χ2n) is 7.79. The second-order valence-corrected chi connectivity index (χ2v) is 7.79. The van der Waals surface area contributed by atoms with Crippen LogP contribution in [0.1, 0.15) is 35.4 Å². The molecule has 2 aromatic carbocycles. The number of benzene rings is 2. The van der Waals surface area contributed by atoms with Crippen molar-refractivity contribution < 1.29 is 13.7 Å². The van der Waals surface area contributed by atoms with Crippen molar-refractivity contribution in [3.8, 4) is 28.2 Å². The zero-order chi connectivity index (χ0) is 21.4. The largest absolute Gasteiger partial charge is 0.360 e. The Bertz CT molecular complexity index is 1260. The molecule has 1 aliphatic rings. The summed E-state index contributed by atoms with van der Waals surface area (Å²) in [5.41, 5.74) is 3.96. The number of hydrogen-bond acceptors (Lipinski definition) is 4. The van der Waals surface area contributed by atoms with Gasteiger partial charge >= 0.3 is 0 Å². The number of hydrogen-bond donors (Lipinski definition) is 1. The van der Waals surface area contributed by atoms with E-state index in [1.807, 2.05) is 35.0 Å². The molecule has 2 heterocycles. The van der Waals surface area contributed by atoms with E-state index in [0.29, 0.717) is 33.8 Å². The van der Waals surface area contributed by atoms with Gasteiger partial charge in [0.15, 0.2) is 0 Å². The lowest BCUT2D eigenvalue weighted by Gasteiger charge is -2.26. The summed E-state index contributed by atoms with van der Waals surface area (Å²) in [6.45, 7) is 1.80. The minimum Gasteiger partial charge on any atom is -0.360 e. The van der Waals surface area contributed by atoms with Crippen LogP contribution in [0.4, 0.5) is 4.39 Å². The maximum Gasteiger partial charge on any atom is 0.251 e. The Balaban J connectivity index is 1.46. The van der Waals surface area contributed by atoms with Crippen LogP contribution in [-0.4, -0.2) is 26.7 Å². The molecule has 0 atom stereocenters. The van der Waals surface area contributed by atoms with Crippen LogP contribution >= 0.6 is 0 Å². The Kier molecular flexibility index (Phi) is 4.86. The molecule has 0 saturated heterocycles. The molecule has 0 radical (unpaired) electrons. The predicted octanol–water partition coefficient (Wildman–Crippen LogP) is 4.92. The van der Waals surface area contributed by atoms with E-state index in [2.05, 4.69) is 15.5 Å². The maximum absolute atomic E-state index is 13.7. The number of carbonyl (C=O) groups is 1. The molecule has 0 aliphatic heterocycles. The fraction of sp³-hybridized carbons (Fsp3) is 0.208. The first kappa shape index (κ1) is 19.2. The monoisotopic (exact) mass is 416 g/mol. The van der Waals surface area contributed by atoms with Crippen LogP contribution in [0.5, 0.6) is 0 Å². The number of amides is 1. The summed E-state index contributed by atoms with van der Waals surface area (Å²) in [5, 5.41) is 7.18. The second kappa shape index (κ2) is 7.83. The lowest BCUT2D eigenvalue weighted by Crippen LogP contribution is -2.39. The fourth-order valence-electron chi connectivity index (χ4n) is 3.73. The van der Waals surface area contributed by atoms with Gasteiger partial charge in [0, 0.05) is 29.1 Å². The molecule has 1 saturated carbocycles. The van der Waals surface area contributed by atoms with E-state index in [1.54, 1.807) is 25.4 Å². The van der Waals surface area contributed by atoms with Crippen LogP contribution in [-0.2, 0) is 0 Å². The summed E-state index contributed by atoms with van der Waals surface area (Å²) in [6, 6.07) is 13.9. The standard InChI is InChI=1S/C24H21FN4O2/c1-15-22(23(28-31-15)16-5-2-7-18(25)11-16)21-13-29(14-26-21)20-10-3-6-17(12-20)24(30)27-19-8-4-9-19/h2-3,5-7,10-14,19H,4,8-9H2,1H3,(H,27,30). The summed E-state index contributed by atoms with van der Waals surface area (Å²) in [7, 11) is 0. The lowest BCUT2D eigenvalue weighted by molar-refractivity contribution is 0.0917. The number of rotatable bonds is 5. The summed E-state index contributed by atoms with van der Waals surface area (Å²) < 4.78 is 20.9. The third-order valence-electron chi connectivity index (χ3n) is 5.65. The predicted molar refractivity (Wildman–Crippen MR) is 114 cm³/mol. The van der Waals surface area contributed by atoms with E-state index in [1.165, 1.54) is 18.6 Å². The van der Waals surface area contributed by atoms with E-state index in [0.717, 1.165) is 18.5 Å². The first-order valence-electron chi connectivity index (χ1n) is 10.3. The molecule has 5 rings (SSSR count). The number of nitrogens with one attached hydrogen (secondary N) is 1. The van der Waals surface area contributed by atoms with Gasteiger partial charge in [-0.2, -0.15) is 0 Å². The van der Waals surface area contributed by atoms with Gasteiger partial charge in [0.2, 0.25) is 0 Å². The van der Waals surface area contributed by atoms with Crippen LogP contribution in [0.2, 0.25) is 0 Å². The van der Waals surface area contributed by atoms with Crippen molar-refractivity contribution in [1.82, 2.24) is 20.0 Å². The molecule has 31 heavy (non-hydrogen) atoms. The Morgan fingerprint density at radius 1 is 1.19 bits per heavy atom. The molecule has 156 valence electrons. The molecular weight excluding hydrogens is 395 g/mol. The third-order valence-corrected chi connectivity index (χ3v) is 5.65. The summed E-state index contributed by atoms with van der Waals surface area (Å²) in [4.78, 5) is 17.0. The Morgan fingerprint density at radius 3 is 2.81 bits per heavy atom. The number of aryl methyl sites for hydroxylation is 1. The van der Waals surface area contributed by atoms with E-state index >= 15 is 0 Å². The first-order valence-corrected chi connectivity index (χ1v) is 10.3. The molecule has 0 spiro atoms. The molecule has 0 unspecified atom stereocenters. The average molecular weight is 416 g/mol. The van der Waals surface area contributed by atoms with Gasteiger partial charge in [-0.15, -0.1) is 0 Å². The Labute approximate surface area is 178 Å². The minimum atomic E-state index is -0.341. The number of carbonyl (C=O) groups excluding carboxylic acids is 1. The highest BCUT2D eigenvalue weighted by molar-refractivity contribution is 5.95. The first-order chi connectivity index (χ1) is 15.1. The highest BCUT2D eigenvalue weighted by atomic mass is 19.1. The molecule has 1 aliphatic carbocycles. The number of halogens is 1. The van der Waals surface area contributed by atoms with E-state index in [9.17, 15) is 9.18 Å². The van der Waals surface area contributed by atoms with Crippen LogP contribution in [0.3, 0.4) is 0 Å². The molecule has 1 fully saturated rings.